The average molecular weight is 534 g/mol. The van der Waals surface area contributed by atoms with Gasteiger partial charge in [-0.25, -0.2) is 8.42 Å². The Morgan fingerprint density at radius 1 is 1.17 bits per heavy atom. The van der Waals surface area contributed by atoms with Crippen LogP contribution in [0.4, 0.5) is 0 Å². The number of carbonyl (C=O) groups excluding carboxylic acids is 1. The lowest BCUT2D eigenvalue weighted by atomic mass is 10.1. The van der Waals surface area contributed by atoms with Gasteiger partial charge in [-0.3, -0.25) is 9.79 Å². The highest BCUT2D eigenvalue weighted by molar-refractivity contribution is 14.0. The molecule has 1 unspecified atom stereocenters. The minimum absolute atomic E-state index is 0. The Balaban J connectivity index is 0.00000300. The number of nitrogens with zero attached hydrogens (tertiary/aromatic N) is 2. The van der Waals surface area contributed by atoms with Crippen LogP contribution in [-0.2, 0) is 21.2 Å². The van der Waals surface area contributed by atoms with E-state index in [2.05, 4.69) is 15.6 Å². The molecule has 0 aromatic heterocycles. The van der Waals surface area contributed by atoms with Crippen molar-refractivity contribution >= 4 is 45.7 Å². The summed E-state index contributed by atoms with van der Waals surface area (Å²) in [5.74, 6) is 1.23. The van der Waals surface area contributed by atoms with Crippen molar-refractivity contribution in [2.45, 2.75) is 49.6 Å². The molecule has 0 spiro atoms. The molecule has 1 aliphatic carbocycles. The minimum atomic E-state index is -3.18. The maximum atomic E-state index is 12.6. The second-order valence-corrected chi connectivity index (χ2v) is 9.75. The van der Waals surface area contributed by atoms with Gasteiger partial charge in [-0.05, 0) is 37.0 Å². The molecular weight excluding hydrogens is 503 g/mol. The molecule has 1 atom stereocenters. The first-order chi connectivity index (χ1) is 13.4. The number of guanidine groups is 1. The Kier molecular flexibility index (Phi) is 8.74. The highest BCUT2D eigenvalue weighted by Gasteiger charge is 2.32. The quantitative estimate of drug-likeness (QED) is 0.344. The first kappa shape index (κ1) is 23.9. The molecule has 2 aliphatic rings. The first-order valence-corrected chi connectivity index (χ1v) is 11.8. The third kappa shape index (κ3) is 6.56. The summed E-state index contributed by atoms with van der Waals surface area (Å²) in [6, 6.07) is 7.03. The van der Waals surface area contributed by atoms with Crippen molar-refractivity contribution in [1.82, 2.24) is 15.5 Å². The molecule has 1 aromatic rings. The van der Waals surface area contributed by atoms with Crippen LogP contribution < -0.4 is 10.6 Å². The van der Waals surface area contributed by atoms with E-state index < -0.39 is 9.84 Å². The molecule has 1 amide bonds. The van der Waals surface area contributed by atoms with Gasteiger partial charge in [0.05, 0.1) is 4.90 Å². The van der Waals surface area contributed by atoms with Crippen LogP contribution in [0.5, 0.6) is 0 Å². The maximum Gasteiger partial charge on any atom is 0.225 e. The molecule has 29 heavy (non-hydrogen) atoms. The van der Waals surface area contributed by atoms with Crippen molar-refractivity contribution in [1.29, 1.82) is 0 Å². The van der Waals surface area contributed by atoms with Crippen molar-refractivity contribution in [3.8, 4) is 0 Å². The molecule has 2 N–H and O–H groups in total. The summed E-state index contributed by atoms with van der Waals surface area (Å²) in [6.07, 6.45) is 6.54. The minimum Gasteiger partial charge on any atom is -0.352 e. The highest BCUT2D eigenvalue weighted by atomic mass is 127. The molecule has 1 aromatic carbocycles. The lowest BCUT2D eigenvalue weighted by Crippen LogP contribution is -2.45. The van der Waals surface area contributed by atoms with Crippen LogP contribution in [0, 0.1) is 5.92 Å². The van der Waals surface area contributed by atoms with Crippen molar-refractivity contribution in [2.75, 3.05) is 26.4 Å². The summed E-state index contributed by atoms with van der Waals surface area (Å²) < 4.78 is 23.1. The monoisotopic (exact) mass is 534 g/mol. The molecule has 2 fully saturated rings. The molecule has 0 radical (unpaired) electrons. The van der Waals surface area contributed by atoms with E-state index in [0.29, 0.717) is 23.3 Å². The molecule has 0 bridgehead atoms. The van der Waals surface area contributed by atoms with Gasteiger partial charge in [0.15, 0.2) is 15.8 Å². The van der Waals surface area contributed by atoms with Crippen molar-refractivity contribution in [3.05, 3.63) is 29.8 Å². The van der Waals surface area contributed by atoms with Crippen molar-refractivity contribution < 1.29 is 13.2 Å². The predicted octanol–water partition coefficient (Wildman–Crippen LogP) is 2.16. The molecule has 1 saturated carbocycles. The fraction of sp³-hybridized carbons (Fsp3) is 0.600. The number of amides is 1. The summed E-state index contributed by atoms with van der Waals surface area (Å²) in [6.45, 7) is 2.07. The number of sulfone groups is 1. The lowest BCUT2D eigenvalue weighted by Gasteiger charge is -2.21. The number of nitrogens with one attached hydrogen (secondary N) is 2. The normalized spacial score (nSPS) is 20.4. The van der Waals surface area contributed by atoms with E-state index in [4.69, 9.17) is 0 Å². The zero-order chi connectivity index (χ0) is 20.1. The van der Waals surface area contributed by atoms with Gasteiger partial charge >= 0.3 is 0 Å². The van der Waals surface area contributed by atoms with Gasteiger partial charge in [0.2, 0.25) is 5.91 Å². The summed E-state index contributed by atoms with van der Waals surface area (Å²) >= 11 is 0. The number of likely N-dealkylation sites (tertiary alicyclic amines) is 1. The third-order valence-corrected chi connectivity index (χ3v) is 6.71. The van der Waals surface area contributed by atoms with Crippen LogP contribution in [0.25, 0.3) is 0 Å². The van der Waals surface area contributed by atoms with Crippen LogP contribution in [0.3, 0.4) is 0 Å². The Hall–Kier alpha value is -1.36. The highest BCUT2D eigenvalue weighted by Crippen LogP contribution is 2.27. The largest absolute Gasteiger partial charge is 0.352 e. The third-order valence-electron chi connectivity index (χ3n) is 5.58. The molecule has 9 heteroatoms. The Morgan fingerprint density at radius 3 is 2.41 bits per heavy atom. The predicted molar refractivity (Wildman–Crippen MR) is 125 cm³/mol. The maximum absolute atomic E-state index is 12.6. The van der Waals surface area contributed by atoms with E-state index >= 15 is 0 Å². The Labute approximate surface area is 190 Å². The fourth-order valence-corrected chi connectivity index (χ4v) is 4.57. The van der Waals surface area contributed by atoms with Crippen LogP contribution in [0.2, 0.25) is 0 Å². The number of hydrogen-bond acceptors (Lipinski definition) is 4. The summed E-state index contributed by atoms with van der Waals surface area (Å²) in [4.78, 5) is 19.1. The molecule has 162 valence electrons. The number of carbonyl (C=O) groups is 1. The van der Waals surface area contributed by atoms with Crippen LogP contribution in [0.1, 0.15) is 37.7 Å². The van der Waals surface area contributed by atoms with Gasteiger partial charge < -0.3 is 15.5 Å². The van der Waals surface area contributed by atoms with E-state index in [9.17, 15) is 13.2 Å². The zero-order valence-corrected chi connectivity index (χ0v) is 20.2. The topological polar surface area (TPSA) is 90.9 Å². The van der Waals surface area contributed by atoms with E-state index in [1.807, 2.05) is 4.90 Å². The Morgan fingerprint density at radius 2 is 1.83 bits per heavy atom. The van der Waals surface area contributed by atoms with Gasteiger partial charge in [-0.2, -0.15) is 0 Å². The van der Waals surface area contributed by atoms with Gasteiger partial charge in [-0.1, -0.05) is 25.0 Å². The molecule has 3 rings (SSSR count). The smallest absolute Gasteiger partial charge is 0.225 e. The SMILES string of the molecule is CN=C(NCc1ccc(S(C)(=O)=O)cc1)NC1CCN(C(=O)C2CCCC2)C1.I. The van der Waals surface area contributed by atoms with Crippen LogP contribution in [0.15, 0.2) is 34.2 Å². The molecule has 1 saturated heterocycles. The summed E-state index contributed by atoms with van der Waals surface area (Å²) in [5, 5.41) is 6.65. The molecule has 1 heterocycles. The van der Waals surface area contributed by atoms with Crippen molar-refractivity contribution in [3.63, 3.8) is 0 Å². The number of halogens is 1. The second kappa shape index (κ2) is 10.6. The fourth-order valence-electron chi connectivity index (χ4n) is 3.94. The van der Waals surface area contributed by atoms with Crippen LogP contribution >= 0.6 is 24.0 Å². The lowest BCUT2D eigenvalue weighted by molar-refractivity contribution is -0.134. The summed E-state index contributed by atoms with van der Waals surface area (Å²) in [5.41, 5.74) is 0.972. The number of aliphatic imine (C=N–C) groups is 1. The van der Waals surface area contributed by atoms with Gasteiger partial charge in [0, 0.05) is 44.9 Å². The van der Waals surface area contributed by atoms with Gasteiger partial charge in [0.25, 0.3) is 0 Å². The van der Waals surface area contributed by atoms with E-state index in [1.165, 1.54) is 19.1 Å². The van der Waals surface area contributed by atoms with E-state index in [-0.39, 0.29) is 35.9 Å². The van der Waals surface area contributed by atoms with E-state index in [0.717, 1.165) is 37.9 Å². The number of rotatable bonds is 5. The van der Waals surface area contributed by atoms with Crippen LogP contribution in [-0.4, -0.2) is 57.6 Å². The zero-order valence-electron chi connectivity index (χ0n) is 17.1. The van der Waals surface area contributed by atoms with Gasteiger partial charge in [0.1, 0.15) is 0 Å². The standard InChI is InChI=1S/C20H30N4O3S.HI/c1-21-20(22-13-15-7-9-18(10-8-15)28(2,26)27)23-17-11-12-24(14-17)19(25)16-5-3-4-6-16;/h7-10,16-17H,3-6,11-14H2,1-2H3,(H2,21,22,23);1H. The Bertz CT molecular complexity index is 821. The first-order valence-electron chi connectivity index (χ1n) is 9.92. The number of hydrogen-bond donors (Lipinski definition) is 2. The molecule has 1 aliphatic heterocycles. The second-order valence-electron chi connectivity index (χ2n) is 7.74. The summed E-state index contributed by atoms with van der Waals surface area (Å²) in [7, 11) is -1.46. The number of benzene rings is 1. The van der Waals surface area contributed by atoms with E-state index in [1.54, 1.807) is 31.3 Å². The molecule has 7 nitrogen and oxygen atoms in total. The molecular formula is C20H31IN4O3S. The van der Waals surface area contributed by atoms with Crippen molar-refractivity contribution in [2.24, 2.45) is 10.9 Å². The average Bonchev–Trinajstić information content (AvgIpc) is 3.36. The van der Waals surface area contributed by atoms with Gasteiger partial charge in [-0.15, -0.1) is 24.0 Å².